The molecular weight excluding hydrogens is 378 g/mol. The van der Waals surface area contributed by atoms with Crippen molar-refractivity contribution in [2.24, 2.45) is 0 Å². The third-order valence-electron chi connectivity index (χ3n) is 3.51. The average Bonchev–Trinajstić information content (AvgIpc) is 3.10. The van der Waals surface area contributed by atoms with Crippen LogP contribution in [0.1, 0.15) is 10.4 Å². The average molecular weight is 390 g/mol. The topological polar surface area (TPSA) is 94.4 Å². The number of methoxy groups -OCH3 is 1. The molecule has 2 aromatic carbocycles. The van der Waals surface area contributed by atoms with Gasteiger partial charge >= 0.3 is 0 Å². The zero-order valence-electron chi connectivity index (χ0n) is 13.4. The second kappa shape index (κ2) is 7.51. The molecule has 1 N–H and O–H groups in total. The molecule has 1 aromatic heterocycles. The molecule has 3 aromatic rings. The predicted octanol–water partition coefficient (Wildman–Crippen LogP) is 4.63. The van der Waals surface area contributed by atoms with Crippen LogP contribution in [0.4, 0.5) is 10.8 Å². The number of nitrogens with one attached hydrogen (secondary N) is 1. The van der Waals surface area contributed by atoms with Gasteiger partial charge in [-0.1, -0.05) is 23.7 Å². The van der Waals surface area contributed by atoms with Crippen molar-refractivity contribution in [3.8, 4) is 17.0 Å². The summed E-state index contributed by atoms with van der Waals surface area (Å²) in [6.45, 7) is 0. The number of carbonyl (C=O) groups excluding carboxylic acids is 1. The molecule has 1 amide bonds. The molecule has 0 fully saturated rings. The molecule has 0 atom stereocenters. The monoisotopic (exact) mass is 389 g/mol. The van der Waals surface area contributed by atoms with Gasteiger partial charge < -0.3 is 4.74 Å². The van der Waals surface area contributed by atoms with Crippen LogP contribution in [0.3, 0.4) is 0 Å². The molecule has 0 radical (unpaired) electrons. The summed E-state index contributed by atoms with van der Waals surface area (Å²) in [6, 6.07) is 11.3. The number of carbonyl (C=O) groups is 1. The van der Waals surface area contributed by atoms with Crippen molar-refractivity contribution in [1.82, 2.24) is 4.98 Å². The van der Waals surface area contributed by atoms with E-state index in [0.717, 1.165) is 11.6 Å². The zero-order valence-corrected chi connectivity index (χ0v) is 15.0. The van der Waals surface area contributed by atoms with Gasteiger partial charge in [0.05, 0.1) is 17.7 Å². The molecule has 7 nitrogen and oxygen atoms in total. The van der Waals surface area contributed by atoms with Crippen molar-refractivity contribution in [2.45, 2.75) is 0 Å². The van der Waals surface area contributed by atoms with Crippen molar-refractivity contribution in [2.75, 3.05) is 12.4 Å². The zero-order chi connectivity index (χ0) is 18.7. The highest BCUT2D eigenvalue weighted by atomic mass is 35.5. The molecular formula is C17H12ClN3O4S. The summed E-state index contributed by atoms with van der Waals surface area (Å²) in [5.74, 6) is 0.162. The smallest absolute Gasteiger partial charge is 0.288 e. The maximum absolute atomic E-state index is 12.3. The van der Waals surface area contributed by atoms with Crippen LogP contribution in [-0.4, -0.2) is 22.9 Å². The number of thiazole rings is 1. The number of para-hydroxylation sites is 1. The van der Waals surface area contributed by atoms with E-state index in [1.807, 2.05) is 24.3 Å². The van der Waals surface area contributed by atoms with Gasteiger partial charge in [-0.2, -0.15) is 0 Å². The minimum Gasteiger partial charge on any atom is -0.496 e. The van der Waals surface area contributed by atoms with Crippen LogP contribution in [0.15, 0.2) is 47.8 Å². The Hall–Kier alpha value is -2.97. The van der Waals surface area contributed by atoms with E-state index >= 15 is 0 Å². The number of aromatic nitrogens is 1. The highest BCUT2D eigenvalue weighted by Gasteiger charge is 2.17. The van der Waals surface area contributed by atoms with Crippen LogP contribution in [0.2, 0.25) is 5.02 Å². The number of amides is 1. The molecule has 0 spiro atoms. The molecule has 0 unspecified atom stereocenters. The first-order chi connectivity index (χ1) is 12.5. The van der Waals surface area contributed by atoms with Crippen LogP contribution in [-0.2, 0) is 0 Å². The van der Waals surface area contributed by atoms with Gasteiger partial charge in [-0.15, -0.1) is 11.3 Å². The first kappa shape index (κ1) is 17.8. The summed E-state index contributed by atoms with van der Waals surface area (Å²) >= 11 is 7.00. The van der Waals surface area contributed by atoms with Gasteiger partial charge in [0.2, 0.25) is 0 Å². The van der Waals surface area contributed by atoms with Crippen molar-refractivity contribution in [3.05, 3.63) is 68.5 Å². The summed E-state index contributed by atoms with van der Waals surface area (Å²) in [5.41, 5.74) is 1.25. The molecule has 0 aliphatic carbocycles. The second-order valence-electron chi connectivity index (χ2n) is 5.12. The molecule has 0 aliphatic rings. The lowest BCUT2D eigenvalue weighted by Gasteiger charge is -2.05. The Labute approximate surface area is 157 Å². The molecule has 0 bridgehead atoms. The Morgan fingerprint density at radius 2 is 2.08 bits per heavy atom. The van der Waals surface area contributed by atoms with Crippen LogP contribution in [0.25, 0.3) is 11.3 Å². The Morgan fingerprint density at radius 1 is 1.31 bits per heavy atom. The minimum atomic E-state index is -0.637. The Kier molecular flexibility index (Phi) is 5.15. The molecule has 0 aliphatic heterocycles. The number of nitro benzene ring substituents is 1. The number of nitro groups is 1. The third kappa shape index (κ3) is 3.66. The highest BCUT2D eigenvalue weighted by Crippen LogP contribution is 2.32. The van der Waals surface area contributed by atoms with Gasteiger partial charge in [0.25, 0.3) is 11.6 Å². The second-order valence-corrected chi connectivity index (χ2v) is 6.38. The Bertz CT molecular complexity index is 990. The van der Waals surface area contributed by atoms with Crippen LogP contribution >= 0.6 is 22.9 Å². The molecule has 3 rings (SSSR count). The fourth-order valence-corrected chi connectivity index (χ4v) is 3.17. The number of benzene rings is 2. The molecule has 26 heavy (non-hydrogen) atoms. The van der Waals surface area contributed by atoms with Crippen molar-refractivity contribution in [1.29, 1.82) is 0 Å². The summed E-state index contributed by atoms with van der Waals surface area (Å²) < 4.78 is 5.31. The fraction of sp³-hybridized carbons (Fsp3) is 0.0588. The predicted molar refractivity (Wildman–Crippen MR) is 100 cm³/mol. The van der Waals surface area contributed by atoms with E-state index < -0.39 is 10.8 Å². The maximum atomic E-state index is 12.3. The van der Waals surface area contributed by atoms with E-state index in [-0.39, 0.29) is 16.3 Å². The molecule has 132 valence electrons. The Balaban J connectivity index is 1.82. The van der Waals surface area contributed by atoms with E-state index in [9.17, 15) is 14.9 Å². The number of hydrogen-bond acceptors (Lipinski definition) is 6. The van der Waals surface area contributed by atoms with Crippen LogP contribution < -0.4 is 10.1 Å². The van der Waals surface area contributed by atoms with Gasteiger partial charge in [-0.25, -0.2) is 4.98 Å². The van der Waals surface area contributed by atoms with Gasteiger partial charge in [-0.3, -0.25) is 20.2 Å². The van der Waals surface area contributed by atoms with Gasteiger partial charge in [-0.05, 0) is 24.3 Å². The third-order valence-corrected chi connectivity index (χ3v) is 4.59. The highest BCUT2D eigenvalue weighted by molar-refractivity contribution is 7.14. The summed E-state index contributed by atoms with van der Waals surface area (Å²) in [4.78, 5) is 27.0. The lowest BCUT2D eigenvalue weighted by atomic mass is 10.1. The lowest BCUT2D eigenvalue weighted by Crippen LogP contribution is -2.12. The molecule has 1 heterocycles. The van der Waals surface area contributed by atoms with E-state index in [1.165, 1.54) is 23.5 Å². The largest absolute Gasteiger partial charge is 0.496 e. The lowest BCUT2D eigenvalue weighted by molar-refractivity contribution is -0.384. The van der Waals surface area contributed by atoms with E-state index in [1.54, 1.807) is 12.5 Å². The summed E-state index contributed by atoms with van der Waals surface area (Å²) in [6.07, 6.45) is 0. The maximum Gasteiger partial charge on any atom is 0.288 e. The number of anilines is 1. The van der Waals surface area contributed by atoms with Crippen molar-refractivity contribution >= 4 is 39.7 Å². The molecule has 0 saturated carbocycles. The van der Waals surface area contributed by atoms with Crippen LogP contribution in [0.5, 0.6) is 5.75 Å². The van der Waals surface area contributed by atoms with Gasteiger partial charge in [0.15, 0.2) is 5.13 Å². The first-order valence-electron chi connectivity index (χ1n) is 7.34. The van der Waals surface area contributed by atoms with Crippen molar-refractivity contribution in [3.63, 3.8) is 0 Å². The van der Waals surface area contributed by atoms with E-state index in [2.05, 4.69) is 10.3 Å². The van der Waals surface area contributed by atoms with E-state index in [0.29, 0.717) is 16.6 Å². The minimum absolute atomic E-state index is 0.0285. The fourth-order valence-electron chi connectivity index (χ4n) is 2.27. The molecule has 9 heteroatoms. The first-order valence-corrected chi connectivity index (χ1v) is 8.59. The normalized spacial score (nSPS) is 10.4. The molecule has 0 saturated heterocycles. The number of nitrogens with zero attached hydrogens (tertiary/aromatic N) is 2. The van der Waals surface area contributed by atoms with Gasteiger partial charge in [0.1, 0.15) is 10.8 Å². The summed E-state index contributed by atoms with van der Waals surface area (Å²) in [7, 11) is 1.57. The number of ether oxygens (including phenoxy) is 1. The SMILES string of the molecule is COc1ccccc1-c1csc(NC(=O)c2ccc(Cl)c([N+](=O)[O-])c2)n1. The van der Waals surface area contributed by atoms with Gasteiger partial charge in [0, 0.05) is 22.6 Å². The Morgan fingerprint density at radius 3 is 2.81 bits per heavy atom. The van der Waals surface area contributed by atoms with Crippen molar-refractivity contribution < 1.29 is 14.5 Å². The summed E-state index contributed by atoms with van der Waals surface area (Å²) in [5, 5.41) is 15.7. The van der Waals surface area contributed by atoms with E-state index in [4.69, 9.17) is 16.3 Å². The number of hydrogen-bond donors (Lipinski definition) is 1. The number of rotatable bonds is 5. The number of halogens is 1. The van der Waals surface area contributed by atoms with Crippen LogP contribution in [0, 0.1) is 10.1 Å². The quantitative estimate of drug-likeness (QED) is 0.507. The standard InChI is InChI=1S/C17H12ClN3O4S/c1-25-15-5-3-2-4-11(15)13-9-26-17(19-13)20-16(22)10-6-7-12(18)14(8-10)21(23)24/h2-9H,1H3,(H,19,20,22).